The van der Waals surface area contributed by atoms with E-state index in [9.17, 15) is 4.79 Å². The number of ether oxygens (including phenoxy) is 1. The number of thioether (sulfide) groups is 1. The Morgan fingerprint density at radius 2 is 2.32 bits per heavy atom. The molecule has 1 fully saturated rings. The molecular weight excluding hydrogens is 326 g/mol. The third kappa shape index (κ3) is 5.16. The third-order valence-corrected chi connectivity index (χ3v) is 4.40. The van der Waals surface area contributed by atoms with Gasteiger partial charge in [0.1, 0.15) is 0 Å². The summed E-state index contributed by atoms with van der Waals surface area (Å²) in [4.78, 5) is 12.6. The van der Waals surface area contributed by atoms with Crippen LogP contribution in [0.25, 0.3) is 0 Å². The predicted octanol–water partition coefficient (Wildman–Crippen LogP) is 3.36. The number of hydrogen-bond donors (Lipinski definition) is 1. The number of benzene rings is 1. The SMILES string of the molecule is CCOC(=O)CSc1cc(Br)ccc1CNC1CC1. The molecule has 0 saturated heterocycles. The second-order valence-electron chi connectivity index (χ2n) is 4.50. The average Bonchev–Trinajstić information content (AvgIpc) is 3.19. The zero-order chi connectivity index (χ0) is 13.7. The van der Waals surface area contributed by atoms with Crippen LogP contribution in [0.15, 0.2) is 27.6 Å². The summed E-state index contributed by atoms with van der Waals surface area (Å²) in [5.41, 5.74) is 1.24. The molecule has 1 aromatic carbocycles. The summed E-state index contributed by atoms with van der Waals surface area (Å²) in [7, 11) is 0. The van der Waals surface area contributed by atoms with Crippen LogP contribution in [-0.2, 0) is 16.1 Å². The van der Waals surface area contributed by atoms with E-state index in [1.807, 2.05) is 13.0 Å². The molecule has 1 aliphatic carbocycles. The molecule has 5 heteroatoms. The van der Waals surface area contributed by atoms with Crippen molar-refractivity contribution in [2.75, 3.05) is 12.4 Å². The summed E-state index contributed by atoms with van der Waals surface area (Å²) in [6, 6.07) is 6.89. The van der Waals surface area contributed by atoms with Crippen LogP contribution in [0, 0.1) is 0 Å². The lowest BCUT2D eigenvalue weighted by Crippen LogP contribution is -2.16. The van der Waals surface area contributed by atoms with Crippen LogP contribution in [0.1, 0.15) is 25.3 Å². The third-order valence-electron chi connectivity index (χ3n) is 2.84. The normalized spacial score (nSPS) is 14.4. The first-order valence-corrected chi connectivity index (χ1v) is 8.27. The maximum Gasteiger partial charge on any atom is 0.316 e. The molecule has 0 aromatic heterocycles. The fourth-order valence-corrected chi connectivity index (χ4v) is 3.10. The molecule has 0 heterocycles. The van der Waals surface area contributed by atoms with Crippen molar-refractivity contribution in [3.8, 4) is 0 Å². The van der Waals surface area contributed by atoms with E-state index in [-0.39, 0.29) is 5.97 Å². The van der Waals surface area contributed by atoms with Crippen LogP contribution < -0.4 is 5.32 Å². The second-order valence-corrected chi connectivity index (χ2v) is 6.43. The molecule has 0 amide bonds. The van der Waals surface area contributed by atoms with Gasteiger partial charge in [0.05, 0.1) is 12.4 Å². The van der Waals surface area contributed by atoms with Gasteiger partial charge in [0.25, 0.3) is 0 Å². The topological polar surface area (TPSA) is 38.3 Å². The molecule has 1 aromatic rings. The molecule has 0 unspecified atom stereocenters. The van der Waals surface area contributed by atoms with E-state index in [4.69, 9.17) is 4.74 Å². The van der Waals surface area contributed by atoms with E-state index in [2.05, 4.69) is 33.4 Å². The van der Waals surface area contributed by atoms with Crippen LogP contribution in [0.4, 0.5) is 0 Å². The van der Waals surface area contributed by atoms with Gasteiger partial charge in [-0.1, -0.05) is 22.0 Å². The van der Waals surface area contributed by atoms with Crippen molar-refractivity contribution in [1.29, 1.82) is 0 Å². The van der Waals surface area contributed by atoms with Gasteiger partial charge in [-0.15, -0.1) is 11.8 Å². The zero-order valence-electron chi connectivity index (χ0n) is 10.9. The molecule has 1 saturated carbocycles. The highest BCUT2D eigenvalue weighted by Crippen LogP contribution is 2.28. The maximum atomic E-state index is 11.4. The van der Waals surface area contributed by atoms with Crippen LogP contribution in [-0.4, -0.2) is 24.4 Å². The van der Waals surface area contributed by atoms with E-state index in [1.54, 1.807) is 0 Å². The minimum atomic E-state index is -0.159. The first-order chi connectivity index (χ1) is 9.19. The first-order valence-electron chi connectivity index (χ1n) is 6.49. The van der Waals surface area contributed by atoms with Crippen molar-refractivity contribution in [2.24, 2.45) is 0 Å². The van der Waals surface area contributed by atoms with Crippen LogP contribution >= 0.6 is 27.7 Å². The van der Waals surface area contributed by atoms with Crippen molar-refractivity contribution in [3.63, 3.8) is 0 Å². The molecule has 19 heavy (non-hydrogen) atoms. The van der Waals surface area contributed by atoms with E-state index in [1.165, 1.54) is 30.2 Å². The van der Waals surface area contributed by atoms with Gasteiger partial charge in [0.15, 0.2) is 0 Å². The molecule has 0 radical (unpaired) electrons. The van der Waals surface area contributed by atoms with Gasteiger partial charge in [-0.2, -0.15) is 0 Å². The molecule has 0 aliphatic heterocycles. The van der Waals surface area contributed by atoms with Crippen LogP contribution in [0.2, 0.25) is 0 Å². The zero-order valence-corrected chi connectivity index (χ0v) is 13.4. The highest BCUT2D eigenvalue weighted by molar-refractivity contribution is 9.10. The predicted molar refractivity (Wildman–Crippen MR) is 81.4 cm³/mol. The largest absolute Gasteiger partial charge is 0.465 e. The number of nitrogens with one attached hydrogen (secondary N) is 1. The Hall–Kier alpha value is -0.520. The molecule has 3 nitrogen and oxygen atoms in total. The van der Waals surface area contributed by atoms with Gasteiger partial charge in [-0.3, -0.25) is 4.79 Å². The van der Waals surface area contributed by atoms with E-state index >= 15 is 0 Å². The Labute approximate surface area is 126 Å². The Morgan fingerprint density at radius 1 is 1.53 bits per heavy atom. The van der Waals surface area contributed by atoms with Gasteiger partial charge < -0.3 is 10.1 Å². The minimum absolute atomic E-state index is 0.159. The summed E-state index contributed by atoms with van der Waals surface area (Å²) < 4.78 is 5.99. The Kier molecular flexibility index (Phi) is 5.73. The molecule has 0 atom stereocenters. The fourth-order valence-electron chi connectivity index (χ4n) is 1.69. The summed E-state index contributed by atoms with van der Waals surface area (Å²) in [6.07, 6.45) is 2.56. The molecule has 2 rings (SSSR count). The van der Waals surface area contributed by atoms with Crippen molar-refractivity contribution in [3.05, 3.63) is 28.2 Å². The quantitative estimate of drug-likeness (QED) is 0.608. The second kappa shape index (κ2) is 7.31. The van der Waals surface area contributed by atoms with Crippen molar-refractivity contribution < 1.29 is 9.53 Å². The molecule has 104 valence electrons. The number of esters is 1. The maximum absolute atomic E-state index is 11.4. The highest BCUT2D eigenvalue weighted by Gasteiger charge is 2.20. The summed E-state index contributed by atoms with van der Waals surface area (Å²) in [6.45, 7) is 3.13. The van der Waals surface area contributed by atoms with Gasteiger partial charge >= 0.3 is 5.97 Å². The number of rotatable bonds is 7. The van der Waals surface area contributed by atoms with Gasteiger partial charge in [0, 0.05) is 22.0 Å². The standard InChI is InChI=1S/C14H18BrNO2S/c1-2-18-14(17)9-19-13-7-11(15)4-3-10(13)8-16-12-5-6-12/h3-4,7,12,16H,2,5-6,8-9H2,1H3. The van der Waals surface area contributed by atoms with E-state index < -0.39 is 0 Å². The Morgan fingerprint density at radius 3 is 3.00 bits per heavy atom. The lowest BCUT2D eigenvalue weighted by molar-refractivity contribution is -0.139. The van der Waals surface area contributed by atoms with Gasteiger partial charge in [0.2, 0.25) is 0 Å². The molecule has 1 N–H and O–H groups in total. The van der Waals surface area contributed by atoms with Crippen molar-refractivity contribution >= 4 is 33.7 Å². The average molecular weight is 344 g/mol. The minimum Gasteiger partial charge on any atom is -0.465 e. The monoisotopic (exact) mass is 343 g/mol. The first kappa shape index (κ1) is 14.9. The number of carbonyl (C=O) groups excluding carboxylic acids is 1. The van der Waals surface area contributed by atoms with Crippen LogP contribution in [0.5, 0.6) is 0 Å². The molecule has 0 bridgehead atoms. The lowest BCUT2D eigenvalue weighted by atomic mass is 10.2. The van der Waals surface area contributed by atoms with Gasteiger partial charge in [-0.25, -0.2) is 0 Å². The van der Waals surface area contributed by atoms with E-state index in [0.717, 1.165) is 15.9 Å². The summed E-state index contributed by atoms with van der Waals surface area (Å²) >= 11 is 5.01. The van der Waals surface area contributed by atoms with Crippen molar-refractivity contribution in [1.82, 2.24) is 5.32 Å². The Balaban J connectivity index is 1.95. The number of hydrogen-bond acceptors (Lipinski definition) is 4. The number of halogens is 1. The number of carbonyl (C=O) groups is 1. The summed E-state index contributed by atoms with van der Waals surface area (Å²) in [5, 5.41) is 3.50. The van der Waals surface area contributed by atoms with Crippen molar-refractivity contribution in [2.45, 2.75) is 37.2 Å². The smallest absolute Gasteiger partial charge is 0.316 e. The molecule has 1 aliphatic rings. The lowest BCUT2D eigenvalue weighted by Gasteiger charge is -2.10. The molecule has 0 spiro atoms. The van der Waals surface area contributed by atoms with Gasteiger partial charge in [-0.05, 0) is 37.5 Å². The summed E-state index contributed by atoms with van der Waals surface area (Å²) in [5.74, 6) is 0.203. The fraction of sp³-hybridized carbons (Fsp3) is 0.500. The highest BCUT2D eigenvalue weighted by atomic mass is 79.9. The Bertz CT molecular complexity index is 449. The van der Waals surface area contributed by atoms with E-state index in [0.29, 0.717) is 18.4 Å². The van der Waals surface area contributed by atoms with Crippen LogP contribution in [0.3, 0.4) is 0 Å². The molecular formula is C14H18BrNO2S.